The first-order valence-electron chi connectivity index (χ1n) is 13.5. The molecule has 3 fully saturated rings. The number of carbonyl (C=O) groups is 1. The number of amides is 1. The van der Waals surface area contributed by atoms with Gasteiger partial charge in [-0.15, -0.1) is 11.3 Å². The van der Waals surface area contributed by atoms with E-state index in [0.717, 1.165) is 43.5 Å². The van der Waals surface area contributed by atoms with Gasteiger partial charge >= 0.3 is 0 Å². The SMILES string of the molecule is CC(=O)NC(C)CC(=N)C1CCN(c2nc(C3CCC4C(C3)C(C)(C)CCC4(C)C)cs2)CC1. The third-order valence-corrected chi connectivity index (χ3v) is 10.4. The first kappa shape index (κ1) is 25.7. The number of aromatic nitrogens is 1. The summed E-state index contributed by atoms with van der Waals surface area (Å²) in [6.07, 6.45) is 9.33. The molecule has 1 amide bonds. The molecule has 3 aliphatic rings. The van der Waals surface area contributed by atoms with Crippen molar-refractivity contribution in [2.24, 2.45) is 28.6 Å². The zero-order chi connectivity index (χ0) is 24.7. The summed E-state index contributed by atoms with van der Waals surface area (Å²) >= 11 is 1.82. The largest absolute Gasteiger partial charge is 0.354 e. The number of piperidine rings is 1. The maximum atomic E-state index is 11.3. The van der Waals surface area contributed by atoms with Crippen LogP contribution in [0.5, 0.6) is 0 Å². The third-order valence-electron chi connectivity index (χ3n) is 9.43. The maximum absolute atomic E-state index is 11.3. The van der Waals surface area contributed by atoms with Crippen LogP contribution in [0.4, 0.5) is 5.13 Å². The minimum atomic E-state index is -0.0149. The number of rotatable bonds is 6. The van der Waals surface area contributed by atoms with Crippen LogP contribution in [0.1, 0.15) is 105 Å². The average Bonchev–Trinajstić information content (AvgIpc) is 3.26. The Morgan fingerprint density at radius 2 is 1.79 bits per heavy atom. The Hall–Kier alpha value is -1.43. The molecule has 2 aliphatic carbocycles. The van der Waals surface area contributed by atoms with Gasteiger partial charge in [0.25, 0.3) is 0 Å². The van der Waals surface area contributed by atoms with Crippen molar-refractivity contribution in [3.63, 3.8) is 0 Å². The van der Waals surface area contributed by atoms with Crippen LogP contribution in [0.3, 0.4) is 0 Å². The molecule has 1 saturated heterocycles. The van der Waals surface area contributed by atoms with Gasteiger partial charge in [0.1, 0.15) is 0 Å². The van der Waals surface area contributed by atoms with E-state index in [9.17, 15) is 4.79 Å². The van der Waals surface area contributed by atoms with E-state index in [1.165, 1.54) is 42.9 Å². The minimum absolute atomic E-state index is 0.0149. The Morgan fingerprint density at radius 3 is 2.44 bits per heavy atom. The highest BCUT2D eigenvalue weighted by molar-refractivity contribution is 7.13. The number of hydrogen-bond donors (Lipinski definition) is 2. The smallest absolute Gasteiger partial charge is 0.217 e. The highest BCUT2D eigenvalue weighted by Crippen LogP contribution is 2.59. The summed E-state index contributed by atoms with van der Waals surface area (Å²) in [6, 6.07) is 0.0411. The lowest BCUT2D eigenvalue weighted by Gasteiger charge is -2.55. The third kappa shape index (κ3) is 5.52. The Labute approximate surface area is 211 Å². The van der Waals surface area contributed by atoms with E-state index in [2.05, 4.69) is 43.3 Å². The van der Waals surface area contributed by atoms with E-state index in [4.69, 9.17) is 10.4 Å². The summed E-state index contributed by atoms with van der Waals surface area (Å²) in [5.41, 5.74) is 3.05. The van der Waals surface area contributed by atoms with Gasteiger partial charge in [-0.25, -0.2) is 4.98 Å². The van der Waals surface area contributed by atoms with Crippen LogP contribution >= 0.6 is 11.3 Å². The maximum Gasteiger partial charge on any atom is 0.217 e. The van der Waals surface area contributed by atoms with Crippen molar-refractivity contribution in [3.8, 4) is 0 Å². The van der Waals surface area contributed by atoms with Gasteiger partial charge in [-0.3, -0.25) is 4.79 Å². The number of fused-ring (bicyclic) bond motifs is 1. The van der Waals surface area contributed by atoms with Crippen molar-refractivity contribution in [1.82, 2.24) is 10.3 Å². The number of nitrogens with one attached hydrogen (secondary N) is 2. The molecule has 0 bridgehead atoms. The van der Waals surface area contributed by atoms with Gasteiger partial charge in [-0.1, -0.05) is 27.7 Å². The second-order valence-corrected chi connectivity index (χ2v) is 13.7. The van der Waals surface area contributed by atoms with Gasteiger partial charge in [0.2, 0.25) is 5.91 Å². The fourth-order valence-electron chi connectivity index (χ4n) is 7.18. The average molecular weight is 487 g/mol. The molecule has 190 valence electrons. The molecule has 1 aromatic rings. The Balaban J connectivity index is 1.33. The number of nitrogens with zero attached hydrogens (tertiary/aromatic N) is 2. The molecule has 4 atom stereocenters. The topological polar surface area (TPSA) is 69.1 Å². The van der Waals surface area contributed by atoms with E-state index in [0.29, 0.717) is 29.1 Å². The minimum Gasteiger partial charge on any atom is -0.354 e. The second-order valence-electron chi connectivity index (χ2n) is 12.8. The summed E-state index contributed by atoms with van der Waals surface area (Å²) in [4.78, 5) is 18.9. The molecule has 1 aliphatic heterocycles. The molecule has 4 unspecified atom stereocenters. The summed E-state index contributed by atoms with van der Waals surface area (Å²) in [6.45, 7) is 15.5. The van der Waals surface area contributed by atoms with Crippen LogP contribution in [-0.2, 0) is 4.79 Å². The van der Waals surface area contributed by atoms with Gasteiger partial charge in [0.15, 0.2) is 5.13 Å². The van der Waals surface area contributed by atoms with Crippen LogP contribution in [-0.4, -0.2) is 35.7 Å². The molecule has 6 heteroatoms. The van der Waals surface area contributed by atoms with E-state index < -0.39 is 0 Å². The van der Waals surface area contributed by atoms with Crippen molar-refractivity contribution < 1.29 is 4.79 Å². The molecule has 2 saturated carbocycles. The van der Waals surface area contributed by atoms with Gasteiger partial charge in [-0.05, 0) is 80.5 Å². The summed E-state index contributed by atoms with van der Waals surface area (Å²) in [7, 11) is 0. The van der Waals surface area contributed by atoms with Gasteiger partial charge < -0.3 is 15.6 Å². The molecule has 5 nitrogen and oxygen atoms in total. The molecule has 2 N–H and O–H groups in total. The molecule has 0 spiro atoms. The molecule has 0 aromatic carbocycles. The monoisotopic (exact) mass is 486 g/mol. The van der Waals surface area contributed by atoms with Crippen molar-refractivity contribution in [3.05, 3.63) is 11.1 Å². The predicted molar refractivity (Wildman–Crippen MR) is 143 cm³/mol. The lowest BCUT2D eigenvalue weighted by Crippen LogP contribution is -2.46. The molecule has 34 heavy (non-hydrogen) atoms. The first-order chi connectivity index (χ1) is 16.0. The van der Waals surface area contributed by atoms with E-state index in [1.807, 2.05) is 18.3 Å². The fraction of sp³-hybridized carbons (Fsp3) is 0.821. The van der Waals surface area contributed by atoms with E-state index in [-0.39, 0.29) is 11.9 Å². The number of hydrogen-bond acceptors (Lipinski definition) is 5. The highest BCUT2D eigenvalue weighted by Gasteiger charge is 2.50. The molecule has 1 aromatic heterocycles. The summed E-state index contributed by atoms with van der Waals surface area (Å²) in [5.74, 6) is 2.59. The lowest BCUT2D eigenvalue weighted by atomic mass is 9.49. The molecular formula is C28H46N4OS. The second kappa shape index (κ2) is 9.91. The quantitative estimate of drug-likeness (QED) is 0.443. The number of anilines is 1. The van der Waals surface area contributed by atoms with Crippen molar-refractivity contribution in [1.29, 1.82) is 5.41 Å². The fourth-order valence-corrected chi connectivity index (χ4v) is 8.14. The summed E-state index contributed by atoms with van der Waals surface area (Å²) in [5, 5.41) is 14.9. The van der Waals surface area contributed by atoms with Gasteiger partial charge in [0.05, 0.1) is 5.69 Å². The molecule has 0 radical (unpaired) electrons. The Kier molecular flexibility index (Phi) is 7.48. The Bertz CT molecular complexity index is 883. The van der Waals surface area contributed by atoms with E-state index >= 15 is 0 Å². The standard InChI is InChI=1S/C28H46N4OS/c1-18(30-19(2)33)15-24(29)20-9-13-32(14-10-20)26-31-25(17-34-26)21-7-8-22-23(16-21)28(5,6)12-11-27(22,3)4/h17-18,20-23,29H,7-16H2,1-6H3,(H,30,33). The Morgan fingerprint density at radius 1 is 1.15 bits per heavy atom. The van der Waals surface area contributed by atoms with E-state index in [1.54, 1.807) is 6.92 Å². The molecule has 4 rings (SSSR count). The van der Waals surface area contributed by atoms with Crippen LogP contribution in [0.25, 0.3) is 0 Å². The zero-order valence-electron chi connectivity index (χ0n) is 22.2. The lowest BCUT2D eigenvalue weighted by molar-refractivity contribution is -0.119. The van der Waals surface area contributed by atoms with Crippen molar-refractivity contribution in [2.75, 3.05) is 18.0 Å². The normalized spacial score (nSPS) is 29.8. The number of carbonyl (C=O) groups excluding carboxylic acids is 1. The van der Waals surface area contributed by atoms with Gasteiger partial charge in [0, 0.05) is 49.5 Å². The van der Waals surface area contributed by atoms with Crippen LogP contribution < -0.4 is 10.2 Å². The van der Waals surface area contributed by atoms with Crippen LogP contribution in [0, 0.1) is 34.0 Å². The number of thiazole rings is 1. The summed E-state index contributed by atoms with van der Waals surface area (Å²) < 4.78 is 0. The van der Waals surface area contributed by atoms with Crippen LogP contribution in [0.2, 0.25) is 0 Å². The van der Waals surface area contributed by atoms with Crippen LogP contribution in [0.15, 0.2) is 5.38 Å². The molecular weight excluding hydrogens is 440 g/mol. The van der Waals surface area contributed by atoms with Gasteiger partial charge in [-0.2, -0.15) is 0 Å². The highest BCUT2D eigenvalue weighted by atomic mass is 32.1. The van der Waals surface area contributed by atoms with Crippen molar-refractivity contribution >= 4 is 28.1 Å². The predicted octanol–water partition coefficient (Wildman–Crippen LogP) is 6.64. The zero-order valence-corrected chi connectivity index (χ0v) is 23.1. The van der Waals surface area contributed by atoms with Crippen molar-refractivity contribution in [2.45, 2.75) is 105 Å². The molecule has 2 heterocycles. The first-order valence-corrected chi connectivity index (χ1v) is 14.4.